The Kier molecular flexibility index (Phi) is 4.28. The van der Waals surface area contributed by atoms with E-state index in [2.05, 4.69) is 4.98 Å². The van der Waals surface area contributed by atoms with Gasteiger partial charge in [-0.05, 0) is 17.7 Å². The Hall–Kier alpha value is -2.89. The first-order chi connectivity index (χ1) is 9.80. The van der Waals surface area contributed by atoms with E-state index in [1.165, 1.54) is 12.4 Å². The zero-order valence-corrected chi connectivity index (χ0v) is 10.6. The van der Waals surface area contributed by atoms with Crippen LogP contribution in [0.3, 0.4) is 0 Å². The molecular weight excluding hydrogens is 254 g/mol. The SMILES string of the molecule is N#Cc1cncc(C#N)c1-c1ccc(OCCO)cc1. The van der Waals surface area contributed by atoms with Crippen LogP contribution < -0.4 is 4.74 Å². The Balaban J connectivity index is 2.42. The van der Waals surface area contributed by atoms with Gasteiger partial charge in [-0.3, -0.25) is 4.98 Å². The van der Waals surface area contributed by atoms with Crippen LogP contribution in [0.4, 0.5) is 0 Å². The van der Waals surface area contributed by atoms with Crippen LogP contribution >= 0.6 is 0 Å². The molecule has 0 aliphatic heterocycles. The first-order valence-electron chi connectivity index (χ1n) is 5.92. The molecule has 0 fully saturated rings. The Labute approximate surface area is 116 Å². The van der Waals surface area contributed by atoms with E-state index in [1.54, 1.807) is 24.3 Å². The molecule has 0 aliphatic rings. The highest BCUT2D eigenvalue weighted by molar-refractivity contribution is 5.76. The standard InChI is InChI=1S/C15H11N3O2/c16-7-12-9-18-10-13(8-17)15(12)11-1-3-14(4-2-11)20-6-5-19/h1-4,9-10,19H,5-6H2. The fourth-order valence-electron chi connectivity index (χ4n) is 1.82. The molecule has 0 spiro atoms. The fraction of sp³-hybridized carbons (Fsp3) is 0.133. The van der Waals surface area contributed by atoms with Crippen LogP contribution in [0, 0.1) is 22.7 Å². The van der Waals surface area contributed by atoms with Gasteiger partial charge in [-0.25, -0.2) is 0 Å². The van der Waals surface area contributed by atoms with Gasteiger partial charge in [0.05, 0.1) is 17.7 Å². The third-order valence-electron chi connectivity index (χ3n) is 2.69. The monoisotopic (exact) mass is 265 g/mol. The van der Waals surface area contributed by atoms with Crippen molar-refractivity contribution in [3.63, 3.8) is 0 Å². The maximum Gasteiger partial charge on any atom is 0.119 e. The van der Waals surface area contributed by atoms with Crippen molar-refractivity contribution in [1.82, 2.24) is 4.98 Å². The van der Waals surface area contributed by atoms with E-state index in [4.69, 9.17) is 20.4 Å². The third kappa shape index (κ3) is 2.74. The van der Waals surface area contributed by atoms with Crippen LogP contribution in [0.15, 0.2) is 36.7 Å². The Bertz CT molecular complexity index is 649. The molecule has 1 heterocycles. The lowest BCUT2D eigenvalue weighted by atomic mass is 9.98. The maximum absolute atomic E-state index is 9.12. The predicted octanol–water partition coefficient (Wildman–Crippen LogP) is 1.86. The molecule has 0 saturated heterocycles. The zero-order valence-electron chi connectivity index (χ0n) is 10.6. The quantitative estimate of drug-likeness (QED) is 0.911. The van der Waals surface area contributed by atoms with Gasteiger partial charge in [0.25, 0.3) is 0 Å². The van der Waals surface area contributed by atoms with E-state index in [1.807, 2.05) is 12.1 Å². The molecule has 20 heavy (non-hydrogen) atoms. The average molecular weight is 265 g/mol. The van der Waals surface area contributed by atoms with Gasteiger partial charge in [0.1, 0.15) is 24.5 Å². The minimum Gasteiger partial charge on any atom is -0.491 e. The van der Waals surface area contributed by atoms with Crippen molar-refractivity contribution in [3.8, 4) is 29.0 Å². The van der Waals surface area contributed by atoms with Crippen molar-refractivity contribution in [2.24, 2.45) is 0 Å². The number of nitriles is 2. The van der Waals surface area contributed by atoms with Crippen LogP contribution in [0.5, 0.6) is 5.75 Å². The summed E-state index contributed by atoms with van der Waals surface area (Å²) in [5.41, 5.74) is 2.02. The number of aliphatic hydroxyl groups excluding tert-OH is 1. The van der Waals surface area contributed by atoms with Crippen LogP contribution in [0.25, 0.3) is 11.1 Å². The summed E-state index contributed by atoms with van der Waals surface area (Å²) in [6.45, 7) is 0.171. The summed E-state index contributed by atoms with van der Waals surface area (Å²) < 4.78 is 5.27. The van der Waals surface area contributed by atoms with Gasteiger partial charge in [-0.15, -0.1) is 0 Å². The zero-order chi connectivity index (χ0) is 14.4. The first-order valence-corrected chi connectivity index (χ1v) is 5.92. The van der Waals surface area contributed by atoms with Gasteiger partial charge in [-0.1, -0.05) is 12.1 Å². The molecule has 1 aromatic heterocycles. The van der Waals surface area contributed by atoms with E-state index in [9.17, 15) is 0 Å². The molecular formula is C15H11N3O2. The number of hydrogen-bond acceptors (Lipinski definition) is 5. The minimum atomic E-state index is -0.0523. The summed E-state index contributed by atoms with van der Waals surface area (Å²) in [6.07, 6.45) is 2.87. The van der Waals surface area contributed by atoms with Gasteiger partial charge >= 0.3 is 0 Å². The largest absolute Gasteiger partial charge is 0.491 e. The Morgan fingerprint density at radius 1 is 1.05 bits per heavy atom. The highest BCUT2D eigenvalue weighted by Gasteiger charge is 2.11. The average Bonchev–Trinajstić information content (AvgIpc) is 2.52. The molecule has 1 N–H and O–H groups in total. The molecule has 98 valence electrons. The molecule has 2 aromatic rings. The molecule has 0 unspecified atom stereocenters. The number of aliphatic hydroxyl groups is 1. The molecule has 1 aromatic carbocycles. The van der Waals surface area contributed by atoms with Crippen LogP contribution in [0.1, 0.15) is 11.1 Å². The number of hydrogen-bond donors (Lipinski definition) is 1. The normalized spacial score (nSPS) is 9.55. The van der Waals surface area contributed by atoms with Crippen molar-refractivity contribution < 1.29 is 9.84 Å². The van der Waals surface area contributed by atoms with E-state index in [-0.39, 0.29) is 13.2 Å². The molecule has 0 amide bonds. The summed E-state index contributed by atoms with van der Waals surface area (Å²) >= 11 is 0. The number of ether oxygens (including phenoxy) is 1. The fourth-order valence-corrected chi connectivity index (χ4v) is 1.82. The van der Waals surface area contributed by atoms with Gasteiger partial charge in [0.15, 0.2) is 0 Å². The predicted molar refractivity (Wildman–Crippen MR) is 71.7 cm³/mol. The molecule has 5 heteroatoms. The number of pyridine rings is 1. The Morgan fingerprint density at radius 3 is 2.15 bits per heavy atom. The summed E-state index contributed by atoms with van der Waals surface area (Å²) in [5.74, 6) is 0.619. The molecule has 0 aliphatic carbocycles. The van der Waals surface area contributed by atoms with Gasteiger partial charge < -0.3 is 9.84 Å². The second-order valence-corrected chi connectivity index (χ2v) is 3.93. The summed E-state index contributed by atoms with van der Waals surface area (Å²) in [7, 11) is 0. The van der Waals surface area contributed by atoms with Crippen molar-refractivity contribution in [2.75, 3.05) is 13.2 Å². The lowest BCUT2D eigenvalue weighted by Crippen LogP contribution is -2.01. The van der Waals surface area contributed by atoms with Crippen LogP contribution in [-0.4, -0.2) is 23.3 Å². The third-order valence-corrected chi connectivity index (χ3v) is 2.69. The lowest BCUT2D eigenvalue weighted by Gasteiger charge is -2.08. The van der Waals surface area contributed by atoms with Crippen molar-refractivity contribution in [2.45, 2.75) is 0 Å². The first kappa shape index (κ1) is 13.5. The number of aromatic nitrogens is 1. The Morgan fingerprint density at radius 2 is 1.65 bits per heavy atom. The topological polar surface area (TPSA) is 89.9 Å². The molecule has 0 saturated carbocycles. The van der Waals surface area contributed by atoms with E-state index >= 15 is 0 Å². The van der Waals surface area contributed by atoms with Crippen molar-refractivity contribution in [1.29, 1.82) is 10.5 Å². The highest BCUT2D eigenvalue weighted by Crippen LogP contribution is 2.28. The molecule has 2 rings (SSSR count). The number of nitrogens with zero attached hydrogens (tertiary/aromatic N) is 3. The lowest BCUT2D eigenvalue weighted by molar-refractivity contribution is 0.201. The molecule has 0 atom stereocenters. The van der Waals surface area contributed by atoms with Crippen molar-refractivity contribution in [3.05, 3.63) is 47.8 Å². The second-order valence-electron chi connectivity index (χ2n) is 3.93. The number of rotatable bonds is 4. The van der Waals surface area contributed by atoms with Gasteiger partial charge in [0.2, 0.25) is 0 Å². The van der Waals surface area contributed by atoms with Gasteiger partial charge in [0, 0.05) is 18.0 Å². The van der Waals surface area contributed by atoms with E-state index < -0.39 is 0 Å². The van der Waals surface area contributed by atoms with E-state index in [0.29, 0.717) is 22.4 Å². The molecule has 0 radical (unpaired) electrons. The maximum atomic E-state index is 9.12. The second kappa shape index (κ2) is 6.33. The van der Waals surface area contributed by atoms with Crippen molar-refractivity contribution >= 4 is 0 Å². The molecule has 0 bridgehead atoms. The van der Waals surface area contributed by atoms with Gasteiger partial charge in [-0.2, -0.15) is 10.5 Å². The van der Waals surface area contributed by atoms with Crippen LogP contribution in [0.2, 0.25) is 0 Å². The van der Waals surface area contributed by atoms with E-state index in [0.717, 1.165) is 5.56 Å². The summed E-state index contributed by atoms with van der Waals surface area (Å²) in [5, 5.41) is 26.9. The molecule has 5 nitrogen and oxygen atoms in total. The summed E-state index contributed by atoms with van der Waals surface area (Å²) in [4.78, 5) is 3.87. The minimum absolute atomic E-state index is 0.0523. The number of benzene rings is 1. The van der Waals surface area contributed by atoms with Crippen LogP contribution in [-0.2, 0) is 0 Å². The highest BCUT2D eigenvalue weighted by atomic mass is 16.5. The smallest absolute Gasteiger partial charge is 0.119 e. The summed E-state index contributed by atoms with van der Waals surface area (Å²) in [6, 6.07) is 11.1.